The Hall–Kier alpha value is -0.860. The van der Waals surface area contributed by atoms with Crippen LogP contribution in [0.1, 0.15) is 48.4 Å². The molecule has 2 N–H and O–H groups in total. The molecule has 1 fully saturated rings. The summed E-state index contributed by atoms with van der Waals surface area (Å²) >= 11 is 0. The minimum Gasteiger partial charge on any atom is -0.378 e. The van der Waals surface area contributed by atoms with E-state index in [1.165, 1.54) is 36.0 Å². The lowest BCUT2D eigenvalue weighted by Crippen LogP contribution is -2.25. The summed E-state index contributed by atoms with van der Waals surface area (Å²) in [7, 11) is 0. The highest BCUT2D eigenvalue weighted by atomic mass is 16.5. The van der Waals surface area contributed by atoms with Crippen LogP contribution in [0.2, 0.25) is 0 Å². The average molecular weight is 233 g/mol. The van der Waals surface area contributed by atoms with Gasteiger partial charge in [0.1, 0.15) is 0 Å². The normalized spacial score (nSPS) is 22.4. The van der Waals surface area contributed by atoms with Gasteiger partial charge in [-0.1, -0.05) is 23.8 Å². The summed E-state index contributed by atoms with van der Waals surface area (Å²) in [6, 6.07) is 6.62. The molecule has 0 amide bonds. The fourth-order valence-electron chi connectivity index (χ4n) is 2.65. The van der Waals surface area contributed by atoms with Gasteiger partial charge in [0, 0.05) is 12.6 Å². The van der Waals surface area contributed by atoms with E-state index in [1.54, 1.807) is 0 Å². The fourth-order valence-corrected chi connectivity index (χ4v) is 2.65. The molecule has 0 aromatic heterocycles. The van der Waals surface area contributed by atoms with Crippen LogP contribution in [-0.4, -0.2) is 12.7 Å². The zero-order chi connectivity index (χ0) is 12.3. The summed E-state index contributed by atoms with van der Waals surface area (Å²) < 4.78 is 5.75. The quantitative estimate of drug-likeness (QED) is 0.869. The Morgan fingerprint density at radius 2 is 2.18 bits per heavy atom. The summed E-state index contributed by atoms with van der Waals surface area (Å²) in [5.74, 6) is 0. The van der Waals surface area contributed by atoms with Crippen LogP contribution in [0, 0.1) is 13.8 Å². The molecule has 1 heterocycles. The first-order valence-corrected chi connectivity index (χ1v) is 6.61. The average Bonchev–Trinajstić information content (AvgIpc) is 2.30. The summed E-state index contributed by atoms with van der Waals surface area (Å²) in [4.78, 5) is 0. The third-order valence-corrected chi connectivity index (χ3v) is 3.62. The van der Waals surface area contributed by atoms with Crippen molar-refractivity contribution in [2.24, 2.45) is 5.73 Å². The van der Waals surface area contributed by atoms with Crippen molar-refractivity contribution in [2.75, 3.05) is 6.61 Å². The van der Waals surface area contributed by atoms with Crippen molar-refractivity contribution in [1.29, 1.82) is 0 Å². The van der Waals surface area contributed by atoms with E-state index in [9.17, 15) is 0 Å². The number of benzene rings is 1. The number of ether oxygens (including phenoxy) is 1. The zero-order valence-corrected chi connectivity index (χ0v) is 10.9. The molecule has 0 aliphatic carbocycles. The van der Waals surface area contributed by atoms with E-state index < -0.39 is 0 Å². The maximum Gasteiger partial charge on any atom is 0.0593 e. The first-order chi connectivity index (χ1) is 8.16. The van der Waals surface area contributed by atoms with Crippen molar-refractivity contribution in [3.8, 4) is 0 Å². The van der Waals surface area contributed by atoms with E-state index in [0.717, 1.165) is 13.0 Å². The lowest BCUT2D eigenvalue weighted by atomic mass is 9.94. The summed E-state index contributed by atoms with van der Waals surface area (Å²) in [5, 5.41) is 0. The topological polar surface area (TPSA) is 35.2 Å². The van der Waals surface area contributed by atoms with Gasteiger partial charge in [-0.3, -0.25) is 0 Å². The van der Waals surface area contributed by atoms with Crippen molar-refractivity contribution in [1.82, 2.24) is 0 Å². The Morgan fingerprint density at radius 3 is 2.82 bits per heavy atom. The molecular weight excluding hydrogens is 210 g/mol. The van der Waals surface area contributed by atoms with Crippen LogP contribution in [0.15, 0.2) is 18.2 Å². The Balaban J connectivity index is 2.00. The molecule has 17 heavy (non-hydrogen) atoms. The second kappa shape index (κ2) is 5.65. The lowest BCUT2D eigenvalue weighted by molar-refractivity contribution is 0.00727. The SMILES string of the molecule is Cc1ccc(C(N)CC2CCCCO2)c(C)c1. The number of hydrogen-bond donors (Lipinski definition) is 1. The molecule has 0 radical (unpaired) electrons. The first kappa shape index (κ1) is 12.6. The molecule has 1 aromatic rings. The van der Waals surface area contributed by atoms with Gasteiger partial charge >= 0.3 is 0 Å². The van der Waals surface area contributed by atoms with Crippen LogP contribution in [0.5, 0.6) is 0 Å². The van der Waals surface area contributed by atoms with Crippen LogP contribution >= 0.6 is 0 Å². The van der Waals surface area contributed by atoms with Gasteiger partial charge < -0.3 is 10.5 Å². The van der Waals surface area contributed by atoms with Gasteiger partial charge in [-0.2, -0.15) is 0 Å². The maximum absolute atomic E-state index is 6.30. The molecule has 1 aliphatic rings. The third kappa shape index (κ3) is 3.30. The number of nitrogens with two attached hydrogens (primary N) is 1. The van der Waals surface area contributed by atoms with Crippen molar-refractivity contribution in [3.05, 3.63) is 34.9 Å². The van der Waals surface area contributed by atoms with Crippen LogP contribution in [0.4, 0.5) is 0 Å². The van der Waals surface area contributed by atoms with E-state index in [2.05, 4.69) is 32.0 Å². The van der Waals surface area contributed by atoms with Crippen LogP contribution in [0.3, 0.4) is 0 Å². The van der Waals surface area contributed by atoms with E-state index >= 15 is 0 Å². The highest BCUT2D eigenvalue weighted by Crippen LogP contribution is 2.25. The maximum atomic E-state index is 6.30. The molecular formula is C15H23NO. The Labute approximate surface area is 104 Å². The standard InChI is InChI=1S/C15H23NO/c1-11-6-7-14(12(2)9-11)15(16)10-13-5-3-4-8-17-13/h6-7,9,13,15H,3-5,8,10,16H2,1-2H3. The molecule has 1 aromatic carbocycles. The van der Waals surface area contributed by atoms with E-state index in [0.29, 0.717) is 6.10 Å². The zero-order valence-electron chi connectivity index (χ0n) is 10.9. The monoisotopic (exact) mass is 233 g/mol. The molecule has 1 aliphatic heterocycles. The molecule has 2 atom stereocenters. The highest BCUT2D eigenvalue weighted by molar-refractivity contribution is 5.32. The van der Waals surface area contributed by atoms with Crippen LogP contribution < -0.4 is 5.73 Å². The molecule has 2 unspecified atom stereocenters. The van der Waals surface area contributed by atoms with Crippen molar-refractivity contribution in [2.45, 2.75) is 51.7 Å². The molecule has 94 valence electrons. The lowest BCUT2D eigenvalue weighted by Gasteiger charge is -2.26. The molecule has 2 nitrogen and oxygen atoms in total. The minimum atomic E-state index is 0.110. The second-order valence-corrected chi connectivity index (χ2v) is 5.19. The molecule has 0 spiro atoms. The Morgan fingerprint density at radius 1 is 1.35 bits per heavy atom. The molecule has 2 rings (SSSR count). The predicted molar refractivity (Wildman–Crippen MR) is 71.1 cm³/mol. The van der Waals surface area contributed by atoms with E-state index in [4.69, 9.17) is 10.5 Å². The van der Waals surface area contributed by atoms with Crippen molar-refractivity contribution < 1.29 is 4.74 Å². The summed E-state index contributed by atoms with van der Waals surface area (Å²) in [6.07, 6.45) is 4.96. The van der Waals surface area contributed by atoms with Crippen LogP contribution in [0.25, 0.3) is 0 Å². The molecule has 0 saturated carbocycles. The largest absolute Gasteiger partial charge is 0.378 e. The number of aryl methyl sites for hydroxylation is 2. The van der Waals surface area contributed by atoms with E-state index in [1.807, 2.05) is 0 Å². The number of hydrogen-bond acceptors (Lipinski definition) is 2. The Bertz CT molecular complexity index is 369. The van der Waals surface area contributed by atoms with Gasteiger partial charge in [0.25, 0.3) is 0 Å². The van der Waals surface area contributed by atoms with Gasteiger partial charge in [0.05, 0.1) is 6.10 Å². The highest BCUT2D eigenvalue weighted by Gasteiger charge is 2.19. The third-order valence-electron chi connectivity index (χ3n) is 3.62. The van der Waals surface area contributed by atoms with Crippen molar-refractivity contribution in [3.63, 3.8) is 0 Å². The van der Waals surface area contributed by atoms with Gasteiger partial charge in [0.15, 0.2) is 0 Å². The fraction of sp³-hybridized carbons (Fsp3) is 0.600. The first-order valence-electron chi connectivity index (χ1n) is 6.61. The van der Waals surface area contributed by atoms with Gasteiger partial charge in [-0.25, -0.2) is 0 Å². The minimum absolute atomic E-state index is 0.110. The van der Waals surface area contributed by atoms with Gasteiger partial charge in [-0.15, -0.1) is 0 Å². The smallest absolute Gasteiger partial charge is 0.0593 e. The molecule has 2 heteroatoms. The number of rotatable bonds is 3. The molecule has 0 bridgehead atoms. The van der Waals surface area contributed by atoms with Gasteiger partial charge in [0.2, 0.25) is 0 Å². The second-order valence-electron chi connectivity index (χ2n) is 5.19. The van der Waals surface area contributed by atoms with E-state index in [-0.39, 0.29) is 6.04 Å². The Kier molecular flexibility index (Phi) is 4.19. The molecule has 1 saturated heterocycles. The van der Waals surface area contributed by atoms with Gasteiger partial charge in [-0.05, 0) is 50.7 Å². The van der Waals surface area contributed by atoms with Crippen molar-refractivity contribution >= 4 is 0 Å². The summed E-state index contributed by atoms with van der Waals surface area (Å²) in [5.41, 5.74) is 10.2. The van der Waals surface area contributed by atoms with Crippen LogP contribution in [-0.2, 0) is 4.74 Å². The summed E-state index contributed by atoms with van der Waals surface area (Å²) in [6.45, 7) is 5.17. The predicted octanol–water partition coefficient (Wildman–Crippen LogP) is 3.26.